The molecule has 1 aromatic carbocycles. The fraction of sp³-hybridized carbons (Fsp3) is 0.444. The Bertz CT molecular complexity index is 901. The molecule has 1 amide bonds. The molecular formula is C18H21N5OS. The van der Waals surface area contributed by atoms with Crippen LogP contribution in [0.3, 0.4) is 0 Å². The van der Waals surface area contributed by atoms with E-state index in [2.05, 4.69) is 32.4 Å². The van der Waals surface area contributed by atoms with Gasteiger partial charge in [-0.15, -0.1) is 10.2 Å². The molecular weight excluding hydrogens is 334 g/mol. The third-order valence-electron chi connectivity index (χ3n) is 4.82. The molecule has 6 nitrogen and oxygen atoms in total. The number of aromatic amines is 1. The smallest absolute Gasteiger partial charge is 0.230 e. The van der Waals surface area contributed by atoms with E-state index in [9.17, 15) is 4.79 Å². The predicted molar refractivity (Wildman–Crippen MR) is 99.5 cm³/mol. The second-order valence-electron chi connectivity index (χ2n) is 6.78. The first-order valence-corrected chi connectivity index (χ1v) is 9.71. The summed E-state index contributed by atoms with van der Waals surface area (Å²) >= 11 is 1.33. The average Bonchev–Trinajstić information content (AvgIpc) is 3.00. The van der Waals surface area contributed by atoms with Crippen LogP contribution in [0, 0.1) is 5.92 Å². The normalized spacial score (nSPS) is 20.8. The van der Waals surface area contributed by atoms with Crippen LogP contribution < -0.4 is 5.32 Å². The number of rotatable bonds is 4. The van der Waals surface area contributed by atoms with Gasteiger partial charge in [0, 0.05) is 16.9 Å². The fourth-order valence-electron chi connectivity index (χ4n) is 3.37. The number of H-pyrrole nitrogens is 1. The zero-order valence-corrected chi connectivity index (χ0v) is 15.0. The molecule has 0 spiro atoms. The molecule has 0 radical (unpaired) electrons. The van der Waals surface area contributed by atoms with Crippen molar-refractivity contribution in [1.82, 2.24) is 25.5 Å². The summed E-state index contributed by atoms with van der Waals surface area (Å²) in [5, 5.41) is 13.1. The summed E-state index contributed by atoms with van der Waals surface area (Å²) in [7, 11) is 0. The number of carbonyl (C=O) groups is 1. The molecule has 4 rings (SSSR count). The number of thioether (sulfide) groups is 1. The third kappa shape index (κ3) is 3.61. The van der Waals surface area contributed by atoms with Gasteiger partial charge in [0.05, 0.1) is 5.75 Å². The van der Waals surface area contributed by atoms with Gasteiger partial charge in [0.1, 0.15) is 5.52 Å². The van der Waals surface area contributed by atoms with Gasteiger partial charge in [-0.05, 0) is 37.7 Å². The Morgan fingerprint density at radius 2 is 2.04 bits per heavy atom. The third-order valence-corrected chi connectivity index (χ3v) is 5.65. The maximum absolute atomic E-state index is 12.2. The van der Waals surface area contributed by atoms with Crippen LogP contribution in [0.2, 0.25) is 0 Å². The van der Waals surface area contributed by atoms with E-state index in [-0.39, 0.29) is 5.91 Å². The summed E-state index contributed by atoms with van der Waals surface area (Å²) in [5.41, 5.74) is 2.46. The maximum Gasteiger partial charge on any atom is 0.230 e. The second-order valence-corrected chi connectivity index (χ2v) is 7.72. The lowest BCUT2D eigenvalue weighted by molar-refractivity contribution is -0.119. The Labute approximate surface area is 150 Å². The molecule has 1 aliphatic carbocycles. The molecule has 2 N–H and O–H groups in total. The molecule has 3 aromatic rings. The van der Waals surface area contributed by atoms with Crippen molar-refractivity contribution < 1.29 is 4.79 Å². The molecule has 0 atom stereocenters. The summed E-state index contributed by atoms with van der Waals surface area (Å²) in [4.78, 5) is 19.9. The number of amides is 1. The summed E-state index contributed by atoms with van der Waals surface area (Å²) in [5.74, 6) is 1.15. The lowest BCUT2D eigenvalue weighted by Crippen LogP contribution is -2.38. The summed E-state index contributed by atoms with van der Waals surface area (Å²) in [6.07, 6.45) is 4.55. The van der Waals surface area contributed by atoms with Gasteiger partial charge in [0.25, 0.3) is 0 Å². The van der Waals surface area contributed by atoms with E-state index >= 15 is 0 Å². The average molecular weight is 355 g/mol. The van der Waals surface area contributed by atoms with Crippen molar-refractivity contribution in [2.24, 2.45) is 5.92 Å². The summed E-state index contributed by atoms with van der Waals surface area (Å²) in [6.45, 7) is 2.28. The van der Waals surface area contributed by atoms with Crippen molar-refractivity contribution in [3.63, 3.8) is 0 Å². The first kappa shape index (κ1) is 16.3. The monoisotopic (exact) mass is 355 g/mol. The van der Waals surface area contributed by atoms with Gasteiger partial charge in [-0.2, -0.15) is 0 Å². The van der Waals surface area contributed by atoms with Gasteiger partial charge in [-0.3, -0.25) is 4.79 Å². The highest BCUT2D eigenvalue weighted by Gasteiger charge is 2.20. The Morgan fingerprint density at radius 1 is 1.24 bits per heavy atom. The number of hydrogen-bond donors (Lipinski definition) is 2. The molecule has 0 saturated heterocycles. The SMILES string of the molecule is CC1CCC(NC(=O)CSc2nnc3c(n2)[nH]c2ccccc23)CC1. The molecule has 1 fully saturated rings. The minimum absolute atomic E-state index is 0.0462. The van der Waals surface area contributed by atoms with Crippen LogP contribution in [0.5, 0.6) is 0 Å². The number of hydrogen-bond acceptors (Lipinski definition) is 5. The van der Waals surface area contributed by atoms with Gasteiger partial charge in [-0.1, -0.05) is 36.9 Å². The number of nitrogens with zero attached hydrogens (tertiary/aromatic N) is 3. The molecule has 2 heterocycles. The van der Waals surface area contributed by atoms with Crippen LogP contribution in [0.25, 0.3) is 22.1 Å². The van der Waals surface area contributed by atoms with Crippen LogP contribution in [-0.4, -0.2) is 37.9 Å². The van der Waals surface area contributed by atoms with E-state index in [1.807, 2.05) is 24.3 Å². The highest BCUT2D eigenvalue weighted by atomic mass is 32.2. The van der Waals surface area contributed by atoms with Crippen LogP contribution in [-0.2, 0) is 4.79 Å². The number of aromatic nitrogens is 4. The fourth-order valence-corrected chi connectivity index (χ4v) is 3.97. The van der Waals surface area contributed by atoms with Gasteiger partial charge in [0.15, 0.2) is 5.65 Å². The molecule has 0 bridgehead atoms. The molecule has 0 unspecified atom stereocenters. The first-order chi connectivity index (χ1) is 12.2. The van der Waals surface area contributed by atoms with E-state index in [1.54, 1.807) is 0 Å². The van der Waals surface area contributed by atoms with Crippen LogP contribution in [0.4, 0.5) is 0 Å². The quantitative estimate of drug-likeness (QED) is 0.702. The van der Waals surface area contributed by atoms with Crippen LogP contribution in [0.15, 0.2) is 29.4 Å². The Balaban J connectivity index is 1.39. The number of nitrogens with one attached hydrogen (secondary N) is 2. The van der Waals surface area contributed by atoms with E-state index in [4.69, 9.17) is 0 Å². The van der Waals surface area contributed by atoms with E-state index in [1.165, 1.54) is 24.6 Å². The van der Waals surface area contributed by atoms with Crippen molar-refractivity contribution >= 4 is 39.7 Å². The highest BCUT2D eigenvalue weighted by molar-refractivity contribution is 7.99. The van der Waals surface area contributed by atoms with E-state index < -0.39 is 0 Å². The van der Waals surface area contributed by atoms with Crippen molar-refractivity contribution in [2.75, 3.05) is 5.75 Å². The van der Waals surface area contributed by atoms with Crippen molar-refractivity contribution in [2.45, 2.75) is 43.8 Å². The lowest BCUT2D eigenvalue weighted by atomic mass is 9.87. The zero-order chi connectivity index (χ0) is 17.2. The second kappa shape index (κ2) is 7.00. The molecule has 0 aliphatic heterocycles. The van der Waals surface area contributed by atoms with Gasteiger partial charge >= 0.3 is 0 Å². The van der Waals surface area contributed by atoms with E-state index in [0.717, 1.165) is 35.2 Å². The predicted octanol–water partition coefficient (Wildman–Crippen LogP) is 3.29. The van der Waals surface area contributed by atoms with Crippen molar-refractivity contribution in [3.05, 3.63) is 24.3 Å². The number of carbonyl (C=O) groups excluding carboxylic acids is 1. The molecule has 25 heavy (non-hydrogen) atoms. The largest absolute Gasteiger partial charge is 0.353 e. The van der Waals surface area contributed by atoms with Gasteiger partial charge in [-0.25, -0.2) is 4.98 Å². The van der Waals surface area contributed by atoms with Gasteiger partial charge in [0.2, 0.25) is 11.1 Å². The molecule has 7 heteroatoms. The van der Waals surface area contributed by atoms with Gasteiger partial charge < -0.3 is 10.3 Å². The molecule has 2 aromatic heterocycles. The molecule has 130 valence electrons. The Hall–Kier alpha value is -2.15. The maximum atomic E-state index is 12.2. The highest BCUT2D eigenvalue weighted by Crippen LogP contribution is 2.24. The van der Waals surface area contributed by atoms with Crippen molar-refractivity contribution in [3.8, 4) is 0 Å². The Kier molecular flexibility index (Phi) is 4.57. The summed E-state index contributed by atoms with van der Waals surface area (Å²) in [6, 6.07) is 8.24. The van der Waals surface area contributed by atoms with Crippen molar-refractivity contribution in [1.29, 1.82) is 0 Å². The van der Waals surface area contributed by atoms with Crippen LogP contribution in [0.1, 0.15) is 32.6 Å². The van der Waals surface area contributed by atoms with E-state index in [0.29, 0.717) is 22.6 Å². The molecule has 1 aliphatic rings. The molecule has 1 saturated carbocycles. The number of para-hydroxylation sites is 1. The standard InChI is InChI=1S/C18H21N5OS/c1-11-6-8-12(9-7-11)19-15(24)10-25-18-21-17-16(22-23-18)13-4-2-3-5-14(13)20-17/h2-5,11-12H,6-10H2,1H3,(H,19,24)(H,20,21,23). The minimum Gasteiger partial charge on any atom is -0.353 e. The number of fused-ring (bicyclic) bond motifs is 3. The number of benzene rings is 1. The first-order valence-electron chi connectivity index (χ1n) is 8.72. The zero-order valence-electron chi connectivity index (χ0n) is 14.2. The lowest BCUT2D eigenvalue weighted by Gasteiger charge is -2.26. The summed E-state index contributed by atoms with van der Waals surface area (Å²) < 4.78 is 0. The van der Waals surface area contributed by atoms with Crippen LogP contribution >= 0.6 is 11.8 Å². The topological polar surface area (TPSA) is 83.6 Å². The Morgan fingerprint density at radius 3 is 2.88 bits per heavy atom. The minimum atomic E-state index is 0.0462.